The van der Waals surface area contributed by atoms with Gasteiger partial charge in [-0.15, -0.1) is 0 Å². The fraction of sp³-hybridized carbons (Fsp3) is 0.538. The molecule has 0 fully saturated rings. The molecule has 0 saturated heterocycles. The summed E-state index contributed by atoms with van der Waals surface area (Å²) in [6, 6.07) is 3.34. The zero-order chi connectivity index (χ0) is 15.6. The zero-order valence-electron chi connectivity index (χ0n) is 11.5. The molecule has 20 heavy (non-hydrogen) atoms. The predicted molar refractivity (Wildman–Crippen MR) is 71.2 cm³/mol. The molecule has 7 heteroatoms. The molecule has 3 nitrogen and oxygen atoms in total. The van der Waals surface area contributed by atoms with Crippen molar-refractivity contribution in [1.82, 2.24) is 5.32 Å². The molecular formula is C13H18F3NO2S. The maximum Gasteiger partial charge on any atom is 0.416 e. The van der Waals surface area contributed by atoms with Crippen LogP contribution in [0.25, 0.3) is 0 Å². The van der Waals surface area contributed by atoms with Gasteiger partial charge in [-0.05, 0) is 37.2 Å². The molecule has 0 aliphatic rings. The molecule has 0 aliphatic heterocycles. The van der Waals surface area contributed by atoms with Crippen molar-refractivity contribution in [2.45, 2.75) is 31.0 Å². The van der Waals surface area contributed by atoms with E-state index in [1.54, 1.807) is 7.05 Å². The number of nitrogens with one attached hydrogen (secondary N) is 1. The lowest BCUT2D eigenvalue weighted by Crippen LogP contribution is -2.37. The van der Waals surface area contributed by atoms with Gasteiger partial charge in [-0.3, -0.25) is 0 Å². The molecule has 1 N–H and O–H groups in total. The van der Waals surface area contributed by atoms with E-state index in [0.29, 0.717) is 0 Å². The Morgan fingerprint density at radius 3 is 2.00 bits per heavy atom. The van der Waals surface area contributed by atoms with Crippen molar-refractivity contribution in [3.8, 4) is 0 Å². The molecule has 1 unspecified atom stereocenters. The highest BCUT2D eigenvalue weighted by Gasteiger charge is 2.31. The molecule has 0 saturated carbocycles. The Bertz CT molecular complexity index is 536. The summed E-state index contributed by atoms with van der Waals surface area (Å²) in [5.41, 5.74) is -0.856. The van der Waals surface area contributed by atoms with E-state index in [1.165, 1.54) is 0 Å². The fourth-order valence-corrected chi connectivity index (χ4v) is 3.56. The molecule has 0 aliphatic carbocycles. The van der Waals surface area contributed by atoms with E-state index >= 15 is 0 Å². The first-order valence-corrected chi connectivity index (χ1v) is 7.80. The van der Waals surface area contributed by atoms with Crippen LogP contribution in [0.4, 0.5) is 13.2 Å². The topological polar surface area (TPSA) is 46.2 Å². The molecule has 0 bridgehead atoms. The average Bonchev–Trinajstić information content (AvgIpc) is 2.35. The van der Waals surface area contributed by atoms with Crippen molar-refractivity contribution < 1.29 is 21.6 Å². The third-order valence-electron chi connectivity index (χ3n) is 3.12. The summed E-state index contributed by atoms with van der Waals surface area (Å²) in [5.74, 6) is -0.0452. The highest BCUT2D eigenvalue weighted by atomic mass is 32.2. The van der Waals surface area contributed by atoms with Gasteiger partial charge < -0.3 is 5.32 Å². The van der Waals surface area contributed by atoms with Gasteiger partial charge in [-0.1, -0.05) is 13.8 Å². The van der Waals surface area contributed by atoms with E-state index < -0.39 is 21.6 Å². The number of halogens is 3. The molecule has 1 rings (SSSR count). The highest BCUT2D eigenvalue weighted by molar-refractivity contribution is 7.91. The average molecular weight is 309 g/mol. The van der Waals surface area contributed by atoms with Crippen molar-refractivity contribution in [1.29, 1.82) is 0 Å². The summed E-state index contributed by atoms with van der Waals surface area (Å²) in [6.45, 7) is 3.76. The monoisotopic (exact) mass is 309 g/mol. The van der Waals surface area contributed by atoms with Gasteiger partial charge in [0, 0.05) is 6.04 Å². The van der Waals surface area contributed by atoms with Gasteiger partial charge in [0.05, 0.1) is 16.2 Å². The second kappa shape index (κ2) is 6.13. The molecule has 0 radical (unpaired) electrons. The second-order valence-electron chi connectivity index (χ2n) is 4.94. The number of hydrogen-bond acceptors (Lipinski definition) is 3. The van der Waals surface area contributed by atoms with Gasteiger partial charge in [0.15, 0.2) is 9.84 Å². The number of alkyl halides is 3. The summed E-state index contributed by atoms with van der Waals surface area (Å²) >= 11 is 0. The van der Waals surface area contributed by atoms with Gasteiger partial charge in [-0.2, -0.15) is 13.2 Å². The minimum absolute atomic E-state index is 0.0913. The summed E-state index contributed by atoms with van der Waals surface area (Å²) in [4.78, 5) is -0.0913. The van der Waals surface area contributed by atoms with Crippen LogP contribution in [0.5, 0.6) is 0 Å². The maximum absolute atomic E-state index is 12.4. The van der Waals surface area contributed by atoms with Gasteiger partial charge in [-0.25, -0.2) is 8.42 Å². The van der Waals surface area contributed by atoms with Crippen molar-refractivity contribution in [2.75, 3.05) is 12.8 Å². The fourth-order valence-electron chi connectivity index (χ4n) is 1.79. The molecule has 1 atom stereocenters. The Labute approximate surface area is 117 Å². The van der Waals surface area contributed by atoms with Crippen LogP contribution < -0.4 is 5.32 Å². The SMILES string of the molecule is CNC(CS(=O)(=O)c1ccc(C(F)(F)F)cc1)C(C)C. The van der Waals surface area contributed by atoms with Crippen molar-refractivity contribution in [2.24, 2.45) is 5.92 Å². The zero-order valence-corrected chi connectivity index (χ0v) is 12.3. The first kappa shape index (κ1) is 17.0. The Hall–Kier alpha value is -1.08. The number of benzene rings is 1. The van der Waals surface area contributed by atoms with Gasteiger partial charge in [0.25, 0.3) is 0 Å². The third kappa shape index (κ3) is 4.21. The van der Waals surface area contributed by atoms with Crippen LogP contribution in [0.1, 0.15) is 19.4 Å². The lowest BCUT2D eigenvalue weighted by atomic mass is 10.1. The molecule has 0 amide bonds. The summed E-state index contributed by atoms with van der Waals surface area (Å²) in [6.07, 6.45) is -4.46. The Morgan fingerprint density at radius 2 is 1.65 bits per heavy atom. The maximum atomic E-state index is 12.4. The Balaban J connectivity index is 2.99. The van der Waals surface area contributed by atoms with Gasteiger partial charge in [0.2, 0.25) is 0 Å². The number of hydrogen-bond donors (Lipinski definition) is 1. The van der Waals surface area contributed by atoms with E-state index in [4.69, 9.17) is 0 Å². The lowest BCUT2D eigenvalue weighted by molar-refractivity contribution is -0.137. The lowest BCUT2D eigenvalue weighted by Gasteiger charge is -2.20. The van der Waals surface area contributed by atoms with Crippen molar-refractivity contribution in [3.05, 3.63) is 29.8 Å². The van der Waals surface area contributed by atoms with E-state index in [1.807, 2.05) is 13.8 Å². The van der Waals surface area contributed by atoms with Crippen molar-refractivity contribution in [3.63, 3.8) is 0 Å². The van der Waals surface area contributed by atoms with E-state index in [9.17, 15) is 21.6 Å². The highest BCUT2D eigenvalue weighted by Crippen LogP contribution is 2.30. The molecule has 1 aromatic rings. The van der Waals surface area contributed by atoms with Crippen LogP contribution in [0.2, 0.25) is 0 Å². The molecule has 0 spiro atoms. The van der Waals surface area contributed by atoms with E-state index in [0.717, 1.165) is 24.3 Å². The normalized spacial score (nSPS) is 14.6. The summed E-state index contributed by atoms with van der Waals surface area (Å²) < 4.78 is 61.6. The van der Waals surface area contributed by atoms with Gasteiger partial charge >= 0.3 is 6.18 Å². The molecule has 0 heterocycles. The molecule has 1 aromatic carbocycles. The predicted octanol–water partition coefficient (Wildman–Crippen LogP) is 2.72. The Kier molecular flexibility index (Phi) is 5.21. The second-order valence-corrected chi connectivity index (χ2v) is 6.98. The van der Waals surface area contributed by atoms with Crippen LogP contribution in [0.15, 0.2) is 29.2 Å². The summed E-state index contributed by atoms with van der Waals surface area (Å²) in [7, 11) is -1.95. The Morgan fingerprint density at radius 1 is 1.15 bits per heavy atom. The largest absolute Gasteiger partial charge is 0.416 e. The molecular weight excluding hydrogens is 291 g/mol. The first-order chi connectivity index (χ1) is 9.08. The molecule has 0 aromatic heterocycles. The van der Waals surface area contributed by atoms with Crippen LogP contribution in [0.3, 0.4) is 0 Å². The number of sulfone groups is 1. The van der Waals surface area contributed by atoms with E-state index in [2.05, 4.69) is 5.32 Å². The first-order valence-electron chi connectivity index (χ1n) is 6.15. The van der Waals surface area contributed by atoms with Crippen LogP contribution in [-0.2, 0) is 16.0 Å². The molecule has 114 valence electrons. The van der Waals surface area contributed by atoms with Crippen LogP contribution >= 0.6 is 0 Å². The number of rotatable bonds is 5. The van der Waals surface area contributed by atoms with Gasteiger partial charge in [0.1, 0.15) is 0 Å². The summed E-state index contributed by atoms with van der Waals surface area (Å²) in [5, 5.41) is 2.90. The van der Waals surface area contributed by atoms with E-state index in [-0.39, 0.29) is 22.6 Å². The third-order valence-corrected chi connectivity index (χ3v) is 4.90. The van der Waals surface area contributed by atoms with Crippen LogP contribution in [-0.4, -0.2) is 27.3 Å². The van der Waals surface area contributed by atoms with Crippen molar-refractivity contribution >= 4 is 9.84 Å². The quantitative estimate of drug-likeness (QED) is 0.909. The smallest absolute Gasteiger partial charge is 0.316 e. The van der Waals surface area contributed by atoms with Crippen LogP contribution in [0, 0.1) is 5.92 Å². The minimum atomic E-state index is -4.46. The standard InChI is InChI=1S/C13H18F3NO2S/c1-9(2)12(17-3)8-20(18,19)11-6-4-10(5-7-11)13(14,15)16/h4-7,9,12,17H,8H2,1-3H3. The minimum Gasteiger partial charge on any atom is -0.316 e.